The second-order valence-electron chi connectivity index (χ2n) is 4.70. The number of aromatic nitrogens is 3. The van der Waals surface area contributed by atoms with Gasteiger partial charge in [-0.05, 0) is 30.3 Å². The summed E-state index contributed by atoms with van der Waals surface area (Å²) < 4.78 is 2.06. The lowest BCUT2D eigenvalue weighted by molar-refractivity contribution is 0.356. The molecule has 0 aliphatic rings. The molecule has 1 aromatic heterocycles. The molecule has 1 atom stereocenters. The van der Waals surface area contributed by atoms with Crippen LogP contribution in [0.3, 0.4) is 0 Å². The number of hydrogen-bond acceptors (Lipinski definition) is 3. The van der Waals surface area contributed by atoms with Gasteiger partial charge < -0.3 is 0 Å². The van der Waals surface area contributed by atoms with Crippen molar-refractivity contribution in [1.29, 1.82) is 0 Å². The maximum Gasteiger partial charge on any atom is 0.0725 e. The molecule has 3 nitrogen and oxygen atoms in total. The first kappa shape index (κ1) is 13.6. The zero-order valence-electron chi connectivity index (χ0n) is 10.8. The van der Waals surface area contributed by atoms with Gasteiger partial charge in [-0.25, -0.2) is 4.68 Å². The van der Waals surface area contributed by atoms with Gasteiger partial charge in [-0.2, -0.15) is 11.8 Å². The molecule has 92 valence electrons. The van der Waals surface area contributed by atoms with Crippen LogP contribution in [0.15, 0.2) is 6.20 Å². The van der Waals surface area contributed by atoms with Crippen molar-refractivity contribution in [2.45, 2.75) is 40.2 Å². The molecule has 0 radical (unpaired) electrons. The third-order valence-electron chi connectivity index (χ3n) is 3.19. The number of aryl methyl sites for hydroxylation is 2. The standard InChI is InChI=1S/C12H23N3S/c1-10(2)11(3)5-7-15-12(6-8-16-4)9-13-14-15/h9-11H,5-8H2,1-4H3. The summed E-state index contributed by atoms with van der Waals surface area (Å²) in [6.45, 7) is 7.87. The van der Waals surface area contributed by atoms with E-state index in [2.05, 4.69) is 42.0 Å². The molecule has 1 rings (SSSR count). The lowest BCUT2D eigenvalue weighted by Crippen LogP contribution is -2.12. The summed E-state index contributed by atoms with van der Waals surface area (Å²) in [6.07, 6.45) is 6.29. The molecule has 1 heterocycles. The average molecular weight is 241 g/mol. The van der Waals surface area contributed by atoms with Crippen LogP contribution in [-0.2, 0) is 13.0 Å². The predicted octanol–water partition coefficient (Wildman–Crippen LogP) is 2.87. The first-order chi connectivity index (χ1) is 7.65. The third kappa shape index (κ3) is 4.16. The fourth-order valence-electron chi connectivity index (χ4n) is 1.53. The van der Waals surface area contributed by atoms with Crippen LogP contribution in [0, 0.1) is 11.8 Å². The van der Waals surface area contributed by atoms with E-state index in [4.69, 9.17) is 0 Å². The minimum absolute atomic E-state index is 0.748. The molecule has 0 N–H and O–H groups in total. The summed E-state index contributed by atoms with van der Waals surface area (Å²) in [4.78, 5) is 0. The van der Waals surface area contributed by atoms with Gasteiger partial charge in [0, 0.05) is 13.0 Å². The van der Waals surface area contributed by atoms with Crippen LogP contribution in [0.2, 0.25) is 0 Å². The summed E-state index contributed by atoms with van der Waals surface area (Å²) in [7, 11) is 0. The van der Waals surface area contributed by atoms with E-state index in [1.165, 1.54) is 12.1 Å². The van der Waals surface area contributed by atoms with Crippen LogP contribution in [0.5, 0.6) is 0 Å². The minimum atomic E-state index is 0.748. The van der Waals surface area contributed by atoms with Crippen molar-refractivity contribution in [3.8, 4) is 0 Å². The van der Waals surface area contributed by atoms with Gasteiger partial charge >= 0.3 is 0 Å². The lowest BCUT2D eigenvalue weighted by atomic mass is 9.95. The van der Waals surface area contributed by atoms with E-state index in [0.717, 1.165) is 30.6 Å². The molecule has 4 heteroatoms. The van der Waals surface area contributed by atoms with Gasteiger partial charge in [0.05, 0.1) is 11.9 Å². The van der Waals surface area contributed by atoms with Crippen LogP contribution in [-0.4, -0.2) is 27.0 Å². The smallest absolute Gasteiger partial charge is 0.0725 e. The van der Waals surface area contributed by atoms with E-state index in [-0.39, 0.29) is 0 Å². The second kappa shape index (κ2) is 6.94. The predicted molar refractivity (Wildman–Crippen MR) is 70.7 cm³/mol. The molecule has 1 aromatic rings. The Morgan fingerprint density at radius 3 is 2.75 bits per heavy atom. The van der Waals surface area contributed by atoms with Crippen molar-refractivity contribution >= 4 is 11.8 Å². The second-order valence-corrected chi connectivity index (χ2v) is 5.69. The van der Waals surface area contributed by atoms with Gasteiger partial charge in [0.1, 0.15) is 0 Å². The Labute approximate surface area is 103 Å². The summed E-state index contributed by atoms with van der Waals surface area (Å²) >= 11 is 1.87. The number of rotatable bonds is 7. The van der Waals surface area contributed by atoms with Crippen molar-refractivity contribution in [3.63, 3.8) is 0 Å². The molecule has 16 heavy (non-hydrogen) atoms. The van der Waals surface area contributed by atoms with Gasteiger partial charge in [-0.3, -0.25) is 0 Å². The zero-order chi connectivity index (χ0) is 12.0. The Balaban J connectivity index is 2.44. The van der Waals surface area contributed by atoms with Gasteiger partial charge in [0.25, 0.3) is 0 Å². The fourth-order valence-corrected chi connectivity index (χ4v) is 1.94. The minimum Gasteiger partial charge on any atom is -0.249 e. The van der Waals surface area contributed by atoms with E-state index in [0.29, 0.717) is 0 Å². The van der Waals surface area contributed by atoms with Crippen molar-refractivity contribution in [3.05, 3.63) is 11.9 Å². The Morgan fingerprint density at radius 1 is 1.38 bits per heavy atom. The van der Waals surface area contributed by atoms with Gasteiger partial charge in [-0.1, -0.05) is 26.0 Å². The van der Waals surface area contributed by atoms with Crippen LogP contribution < -0.4 is 0 Å². The first-order valence-electron chi connectivity index (χ1n) is 6.01. The molecule has 0 spiro atoms. The Kier molecular flexibility index (Phi) is 5.88. The Morgan fingerprint density at radius 2 is 2.12 bits per heavy atom. The molecular formula is C12H23N3S. The maximum atomic E-state index is 4.16. The van der Waals surface area contributed by atoms with Crippen molar-refractivity contribution in [2.24, 2.45) is 11.8 Å². The van der Waals surface area contributed by atoms with Gasteiger partial charge in [0.2, 0.25) is 0 Å². The molecule has 0 aliphatic carbocycles. The maximum absolute atomic E-state index is 4.16. The largest absolute Gasteiger partial charge is 0.249 e. The Bertz CT molecular complexity index is 296. The lowest BCUT2D eigenvalue weighted by Gasteiger charge is -2.15. The van der Waals surface area contributed by atoms with Crippen molar-refractivity contribution in [2.75, 3.05) is 12.0 Å². The highest BCUT2D eigenvalue weighted by Crippen LogP contribution is 2.15. The molecule has 1 unspecified atom stereocenters. The van der Waals surface area contributed by atoms with Gasteiger partial charge in [0.15, 0.2) is 0 Å². The molecule has 0 fully saturated rings. The monoisotopic (exact) mass is 241 g/mol. The van der Waals surface area contributed by atoms with E-state index in [9.17, 15) is 0 Å². The Hall–Kier alpha value is -0.510. The number of nitrogens with zero attached hydrogens (tertiary/aromatic N) is 3. The van der Waals surface area contributed by atoms with Crippen molar-refractivity contribution < 1.29 is 0 Å². The summed E-state index contributed by atoms with van der Waals surface area (Å²) in [5.41, 5.74) is 1.27. The number of thioether (sulfide) groups is 1. The quantitative estimate of drug-likeness (QED) is 0.735. The topological polar surface area (TPSA) is 30.7 Å². The molecular weight excluding hydrogens is 218 g/mol. The normalized spacial score (nSPS) is 13.3. The average Bonchev–Trinajstić information content (AvgIpc) is 2.70. The highest BCUT2D eigenvalue weighted by atomic mass is 32.2. The first-order valence-corrected chi connectivity index (χ1v) is 7.40. The molecule has 0 saturated carbocycles. The molecule has 0 aromatic carbocycles. The number of hydrogen-bond donors (Lipinski definition) is 0. The highest BCUT2D eigenvalue weighted by Gasteiger charge is 2.09. The van der Waals surface area contributed by atoms with Gasteiger partial charge in [-0.15, -0.1) is 5.10 Å². The highest BCUT2D eigenvalue weighted by molar-refractivity contribution is 7.98. The van der Waals surface area contributed by atoms with Crippen LogP contribution in [0.1, 0.15) is 32.9 Å². The summed E-state index contributed by atoms with van der Waals surface area (Å²) in [5.74, 6) is 2.64. The molecule has 0 amide bonds. The van der Waals surface area contributed by atoms with Crippen molar-refractivity contribution in [1.82, 2.24) is 15.0 Å². The van der Waals surface area contributed by atoms with E-state index in [1.807, 2.05) is 18.0 Å². The zero-order valence-corrected chi connectivity index (χ0v) is 11.6. The van der Waals surface area contributed by atoms with Crippen LogP contribution >= 0.6 is 11.8 Å². The fraction of sp³-hybridized carbons (Fsp3) is 0.833. The molecule has 0 bridgehead atoms. The summed E-state index contributed by atoms with van der Waals surface area (Å²) in [6, 6.07) is 0. The van der Waals surface area contributed by atoms with E-state index in [1.54, 1.807) is 0 Å². The third-order valence-corrected chi connectivity index (χ3v) is 3.81. The molecule has 0 aliphatic heterocycles. The SMILES string of the molecule is CSCCc1cnnn1CCC(C)C(C)C. The van der Waals surface area contributed by atoms with E-state index >= 15 is 0 Å². The van der Waals surface area contributed by atoms with Crippen LogP contribution in [0.25, 0.3) is 0 Å². The summed E-state index contributed by atoms with van der Waals surface area (Å²) in [5, 5.41) is 8.16. The molecule has 0 saturated heterocycles. The van der Waals surface area contributed by atoms with E-state index < -0.39 is 0 Å². The van der Waals surface area contributed by atoms with Crippen LogP contribution in [0.4, 0.5) is 0 Å².